The normalized spacial score (nSPS) is 15.0. The molecule has 0 aromatic rings. The van der Waals surface area contributed by atoms with Crippen LogP contribution in [0.15, 0.2) is 5.28 Å². The van der Waals surface area contributed by atoms with Gasteiger partial charge in [-0.3, -0.25) is 0 Å². The SMILES string of the molecule is CC(C(=O)O)/[N+]([O-])=N/[O-]. The highest BCUT2D eigenvalue weighted by atomic mass is 16.6. The first-order valence-electron chi connectivity index (χ1n) is 2.12. The summed E-state index contributed by atoms with van der Waals surface area (Å²) in [6.45, 7) is 1.07. The van der Waals surface area contributed by atoms with Crippen LogP contribution in [0.3, 0.4) is 0 Å². The van der Waals surface area contributed by atoms with Crippen LogP contribution in [-0.4, -0.2) is 22.0 Å². The molecule has 0 saturated heterocycles. The summed E-state index contributed by atoms with van der Waals surface area (Å²) in [4.78, 5) is 9.44. The lowest BCUT2D eigenvalue weighted by atomic mass is 10.4. The maximum atomic E-state index is 10.0. The van der Waals surface area contributed by atoms with Gasteiger partial charge in [0.05, 0.1) is 0 Å². The number of hydroxylamine groups is 1. The van der Waals surface area contributed by atoms with Gasteiger partial charge in [0.15, 0.2) is 0 Å². The third-order valence-electron chi connectivity index (χ3n) is 0.769. The number of nitrogens with zero attached hydrogens (tertiary/aromatic N) is 2. The Hall–Kier alpha value is -1.33. The zero-order valence-corrected chi connectivity index (χ0v) is 4.64. The number of carboxylic acids is 1. The van der Waals surface area contributed by atoms with Crippen molar-refractivity contribution in [3.8, 4) is 0 Å². The fraction of sp³-hybridized carbons (Fsp3) is 0.667. The van der Waals surface area contributed by atoms with Crippen molar-refractivity contribution < 1.29 is 14.8 Å². The molecule has 6 heteroatoms. The first-order valence-corrected chi connectivity index (χ1v) is 2.12. The lowest BCUT2D eigenvalue weighted by Crippen LogP contribution is -2.25. The Morgan fingerprint density at radius 1 is 1.89 bits per heavy atom. The van der Waals surface area contributed by atoms with Crippen LogP contribution in [0.4, 0.5) is 0 Å². The fourth-order valence-electron chi connectivity index (χ4n) is 0.165. The molecule has 0 bridgehead atoms. The van der Waals surface area contributed by atoms with E-state index >= 15 is 0 Å². The van der Waals surface area contributed by atoms with Gasteiger partial charge in [-0.05, 0) is 5.28 Å². The molecule has 0 aliphatic rings. The minimum Gasteiger partial charge on any atom is -0.739 e. The molecule has 0 spiro atoms. The third kappa shape index (κ3) is 1.94. The second kappa shape index (κ2) is 2.85. The number of aliphatic carboxylic acids is 1. The highest BCUT2D eigenvalue weighted by molar-refractivity contribution is 5.71. The molecule has 0 fully saturated rings. The second-order valence-corrected chi connectivity index (χ2v) is 1.40. The van der Waals surface area contributed by atoms with Crippen molar-refractivity contribution in [1.29, 1.82) is 0 Å². The molecule has 0 aliphatic carbocycles. The minimum absolute atomic E-state index is 0.414. The van der Waals surface area contributed by atoms with Crippen LogP contribution in [0.5, 0.6) is 0 Å². The maximum Gasteiger partial charge on any atom is 0.376 e. The quantitative estimate of drug-likeness (QED) is 0.323. The molecule has 52 valence electrons. The van der Waals surface area contributed by atoms with Crippen molar-refractivity contribution in [1.82, 2.24) is 0 Å². The molecular weight excluding hydrogens is 128 g/mol. The fourth-order valence-corrected chi connectivity index (χ4v) is 0.165. The molecule has 0 aliphatic heterocycles. The van der Waals surface area contributed by atoms with Crippen molar-refractivity contribution in [3.05, 3.63) is 10.4 Å². The smallest absolute Gasteiger partial charge is 0.376 e. The first kappa shape index (κ1) is 7.67. The van der Waals surface area contributed by atoms with E-state index < -0.39 is 16.9 Å². The zero-order valence-electron chi connectivity index (χ0n) is 4.64. The van der Waals surface area contributed by atoms with E-state index in [0.29, 0.717) is 0 Å². The Labute approximate surface area is 50.6 Å². The van der Waals surface area contributed by atoms with Gasteiger partial charge in [0.2, 0.25) is 0 Å². The molecule has 1 atom stereocenters. The highest BCUT2D eigenvalue weighted by Gasteiger charge is 2.18. The Morgan fingerprint density at radius 2 is 2.33 bits per heavy atom. The summed E-state index contributed by atoms with van der Waals surface area (Å²) in [5.41, 5.74) is 0. The number of hydrogen-bond donors (Lipinski definition) is 1. The number of rotatable bonds is 2. The molecule has 9 heavy (non-hydrogen) atoms. The minimum atomic E-state index is -1.40. The summed E-state index contributed by atoms with van der Waals surface area (Å²) in [7, 11) is 0. The van der Waals surface area contributed by atoms with E-state index in [1.165, 1.54) is 0 Å². The maximum absolute atomic E-state index is 10.0. The van der Waals surface area contributed by atoms with E-state index in [1.807, 2.05) is 5.28 Å². The topological polar surface area (TPSA) is 98.8 Å². The van der Waals surface area contributed by atoms with E-state index in [0.717, 1.165) is 6.92 Å². The monoisotopic (exact) mass is 133 g/mol. The molecule has 0 amide bonds. The molecule has 0 aromatic heterocycles. The van der Waals surface area contributed by atoms with Crippen LogP contribution in [0.25, 0.3) is 0 Å². The summed E-state index contributed by atoms with van der Waals surface area (Å²) >= 11 is 0. The van der Waals surface area contributed by atoms with Crippen LogP contribution in [-0.2, 0) is 4.79 Å². The average Bonchev–Trinajstić information content (AvgIpc) is 1.84. The van der Waals surface area contributed by atoms with E-state index in [1.54, 1.807) is 0 Å². The van der Waals surface area contributed by atoms with E-state index in [9.17, 15) is 15.2 Å². The van der Waals surface area contributed by atoms with Gasteiger partial charge >= 0.3 is 5.97 Å². The number of carboxylic acid groups (broad SMARTS) is 1. The molecule has 0 aromatic carbocycles. The van der Waals surface area contributed by atoms with Crippen molar-refractivity contribution in [2.45, 2.75) is 13.0 Å². The molecule has 0 heterocycles. The number of carbonyl (C=O) groups is 1. The summed E-state index contributed by atoms with van der Waals surface area (Å²) in [5, 5.41) is 29.3. The Morgan fingerprint density at radius 3 is 2.44 bits per heavy atom. The van der Waals surface area contributed by atoms with Crippen LogP contribution in [0.1, 0.15) is 6.92 Å². The van der Waals surface area contributed by atoms with Crippen LogP contribution >= 0.6 is 0 Å². The summed E-state index contributed by atoms with van der Waals surface area (Å²) in [5.74, 6) is -1.37. The Balaban J connectivity index is 4.04. The van der Waals surface area contributed by atoms with Gasteiger partial charge in [-0.25, -0.2) is 4.79 Å². The van der Waals surface area contributed by atoms with Gasteiger partial charge in [0.25, 0.3) is 6.04 Å². The van der Waals surface area contributed by atoms with Crippen molar-refractivity contribution >= 4 is 5.97 Å². The molecule has 0 radical (unpaired) electrons. The van der Waals surface area contributed by atoms with Crippen LogP contribution in [0, 0.1) is 10.4 Å². The van der Waals surface area contributed by atoms with Gasteiger partial charge in [0.1, 0.15) is 0 Å². The van der Waals surface area contributed by atoms with Crippen molar-refractivity contribution in [2.24, 2.45) is 5.28 Å². The van der Waals surface area contributed by atoms with Crippen molar-refractivity contribution in [3.63, 3.8) is 0 Å². The summed E-state index contributed by atoms with van der Waals surface area (Å²) < 4.78 is 0. The highest BCUT2D eigenvalue weighted by Crippen LogP contribution is 1.88. The molecular formula is C3H5N2O4-. The lowest BCUT2D eigenvalue weighted by Gasteiger charge is -2.04. The van der Waals surface area contributed by atoms with Crippen molar-refractivity contribution in [2.75, 3.05) is 0 Å². The molecule has 6 nitrogen and oxygen atoms in total. The first-order chi connectivity index (χ1) is 4.09. The van der Waals surface area contributed by atoms with Gasteiger partial charge in [-0.15, -0.1) is 0 Å². The zero-order chi connectivity index (χ0) is 7.44. The Bertz CT molecular complexity index is 143. The summed E-state index contributed by atoms with van der Waals surface area (Å²) in [6, 6.07) is -1.40. The predicted octanol–water partition coefficient (Wildman–Crippen LogP) is -0.0802. The third-order valence-corrected chi connectivity index (χ3v) is 0.769. The standard InChI is InChI=1S/C3H6N2O4/c1-2(3(6)7)5(9)4-8/h2,8H,1H3,(H,6,7)/p-1/b5-4-. The largest absolute Gasteiger partial charge is 0.739 e. The van der Waals surface area contributed by atoms with Gasteiger partial charge in [-0.2, -0.15) is 0 Å². The van der Waals surface area contributed by atoms with E-state index in [-0.39, 0.29) is 0 Å². The number of hydrogen-bond acceptors (Lipinski definition) is 4. The van der Waals surface area contributed by atoms with E-state index in [4.69, 9.17) is 5.11 Å². The average molecular weight is 133 g/mol. The van der Waals surface area contributed by atoms with Gasteiger partial charge in [0, 0.05) is 6.92 Å². The molecule has 1 N–H and O–H groups in total. The van der Waals surface area contributed by atoms with Crippen LogP contribution in [0.2, 0.25) is 0 Å². The summed E-state index contributed by atoms with van der Waals surface area (Å²) in [6.07, 6.45) is 0. The van der Waals surface area contributed by atoms with Crippen LogP contribution < -0.4 is 0 Å². The van der Waals surface area contributed by atoms with E-state index in [2.05, 4.69) is 0 Å². The second-order valence-electron chi connectivity index (χ2n) is 1.40. The molecule has 1 unspecified atom stereocenters. The molecule has 0 rings (SSSR count). The lowest BCUT2D eigenvalue weighted by molar-refractivity contribution is -0.549. The Kier molecular flexibility index (Phi) is 2.43. The van der Waals surface area contributed by atoms with Gasteiger partial charge < -0.3 is 15.5 Å². The predicted molar refractivity (Wildman–Crippen MR) is 26.5 cm³/mol. The van der Waals surface area contributed by atoms with Gasteiger partial charge in [-0.1, -0.05) is 4.86 Å². The molecule has 0 saturated carbocycles.